The van der Waals surface area contributed by atoms with Gasteiger partial charge < -0.3 is 16.4 Å². The van der Waals surface area contributed by atoms with Crippen LogP contribution in [0.1, 0.15) is 0 Å². The van der Waals surface area contributed by atoms with Crippen LogP contribution >= 0.6 is 23.2 Å². The summed E-state index contributed by atoms with van der Waals surface area (Å²) < 4.78 is 0. The van der Waals surface area contributed by atoms with E-state index in [1.807, 2.05) is 0 Å². The van der Waals surface area contributed by atoms with Crippen LogP contribution in [0.4, 0.5) is 0 Å². The highest BCUT2D eigenvalue weighted by Gasteiger charge is 1.41. The summed E-state index contributed by atoms with van der Waals surface area (Å²) >= 11 is 9.53. The highest BCUT2D eigenvalue weighted by molar-refractivity contribution is 6.40. The SMILES string of the molecule is ClCCl.O.O.O. The van der Waals surface area contributed by atoms with Crippen molar-refractivity contribution in [1.29, 1.82) is 0 Å². The molecule has 0 bridgehead atoms. The molecule has 0 aliphatic carbocycles. The van der Waals surface area contributed by atoms with Gasteiger partial charge in [0.15, 0.2) is 0 Å². The fourth-order valence-corrected chi connectivity index (χ4v) is 0. The fourth-order valence-electron chi connectivity index (χ4n) is 0. The zero-order valence-electron chi connectivity index (χ0n) is 2.96. The lowest BCUT2D eigenvalue weighted by Crippen LogP contribution is -1.24. The average molecular weight is 139 g/mol. The Balaban J connectivity index is -0.00000000667. The molecule has 0 aliphatic rings. The van der Waals surface area contributed by atoms with Gasteiger partial charge in [-0.05, 0) is 0 Å². The third-order valence-electron chi connectivity index (χ3n) is 0. The van der Waals surface area contributed by atoms with Crippen LogP contribution in [-0.2, 0) is 0 Å². The largest absolute Gasteiger partial charge is 0.412 e. The van der Waals surface area contributed by atoms with Gasteiger partial charge in [0.2, 0.25) is 0 Å². The summed E-state index contributed by atoms with van der Waals surface area (Å²) in [6.45, 7) is 0. The van der Waals surface area contributed by atoms with Gasteiger partial charge >= 0.3 is 0 Å². The van der Waals surface area contributed by atoms with Gasteiger partial charge in [0.05, 0.1) is 5.34 Å². The maximum atomic E-state index is 4.76. The molecule has 0 amide bonds. The molecular weight excluding hydrogens is 131 g/mol. The maximum Gasteiger partial charge on any atom is 0.0967 e. The average Bonchev–Trinajstić information content (AvgIpc) is 0.918. The van der Waals surface area contributed by atoms with Gasteiger partial charge in [0.1, 0.15) is 0 Å². The number of halogens is 2. The van der Waals surface area contributed by atoms with Crippen molar-refractivity contribution in [3.05, 3.63) is 0 Å². The highest BCUT2D eigenvalue weighted by atomic mass is 35.5. The van der Waals surface area contributed by atoms with Crippen molar-refractivity contribution in [2.75, 3.05) is 5.34 Å². The molecule has 0 radical (unpaired) electrons. The van der Waals surface area contributed by atoms with Crippen molar-refractivity contribution in [1.82, 2.24) is 0 Å². The molecule has 0 aromatic carbocycles. The molecule has 0 rings (SSSR count). The third kappa shape index (κ3) is 252. The first-order valence-corrected chi connectivity index (χ1v) is 1.60. The van der Waals surface area contributed by atoms with Gasteiger partial charge in [-0.1, -0.05) is 0 Å². The summed E-state index contributed by atoms with van der Waals surface area (Å²) in [5.74, 6) is 0. The summed E-state index contributed by atoms with van der Waals surface area (Å²) in [6.07, 6.45) is 0. The number of alkyl halides is 2. The summed E-state index contributed by atoms with van der Waals surface area (Å²) in [4.78, 5) is 0. The van der Waals surface area contributed by atoms with Crippen LogP contribution in [0.15, 0.2) is 0 Å². The normalized spacial score (nSPS) is 3.00. The molecule has 0 saturated carbocycles. The van der Waals surface area contributed by atoms with Gasteiger partial charge in [-0.3, -0.25) is 0 Å². The first kappa shape index (κ1) is 31.8. The van der Waals surface area contributed by atoms with E-state index < -0.39 is 0 Å². The summed E-state index contributed by atoms with van der Waals surface area (Å²) in [5, 5.41) is 0.194. The lowest BCUT2D eigenvalue weighted by molar-refractivity contribution is 0.823. The molecule has 0 saturated heterocycles. The van der Waals surface area contributed by atoms with Crippen molar-refractivity contribution >= 4 is 23.2 Å². The Morgan fingerprint density at radius 2 is 0.833 bits per heavy atom. The smallest absolute Gasteiger partial charge is 0.0967 e. The minimum absolute atomic E-state index is 0. The van der Waals surface area contributed by atoms with Gasteiger partial charge in [-0.2, -0.15) is 0 Å². The summed E-state index contributed by atoms with van der Waals surface area (Å²) in [7, 11) is 0. The molecule has 3 nitrogen and oxygen atoms in total. The second-order valence-electron chi connectivity index (χ2n) is 0.101. The van der Waals surface area contributed by atoms with Gasteiger partial charge in [-0.15, -0.1) is 23.2 Å². The molecule has 5 heteroatoms. The molecule has 6 N–H and O–H groups in total. The molecule has 0 unspecified atom stereocenters. The Labute approximate surface area is 45.8 Å². The van der Waals surface area contributed by atoms with Crippen LogP contribution in [0, 0.1) is 0 Å². The highest BCUT2D eigenvalue weighted by Crippen LogP contribution is 1.73. The molecule has 0 atom stereocenters. The lowest BCUT2D eigenvalue weighted by atomic mass is 11.9. The monoisotopic (exact) mass is 138 g/mol. The molecule has 0 aliphatic heterocycles. The van der Waals surface area contributed by atoms with Crippen LogP contribution < -0.4 is 0 Å². The van der Waals surface area contributed by atoms with Gasteiger partial charge in [0, 0.05) is 0 Å². The van der Waals surface area contributed by atoms with E-state index in [0.717, 1.165) is 0 Å². The first-order valence-electron chi connectivity index (χ1n) is 0.535. The zero-order chi connectivity index (χ0) is 2.71. The minimum atomic E-state index is 0. The quantitative estimate of drug-likeness (QED) is 0.382. The topological polar surface area (TPSA) is 94.5 Å². The predicted octanol–water partition coefficient (Wildman–Crippen LogP) is -1.05. The van der Waals surface area contributed by atoms with E-state index in [4.69, 9.17) is 23.2 Å². The van der Waals surface area contributed by atoms with E-state index in [1.165, 1.54) is 0 Å². The summed E-state index contributed by atoms with van der Waals surface area (Å²) in [6, 6.07) is 0. The first-order chi connectivity index (χ1) is 1.41. The van der Waals surface area contributed by atoms with Crippen LogP contribution in [0.25, 0.3) is 0 Å². The molecule has 44 valence electrons. The zero-order valence-corrected chi connectivity index (χ0v) is 4.47. The Morgan fingerprint density at radius 3 is 0.833 bits per heavy atom. The molecule has 0 heterocycles. The Bertz CT molecular complexity index is 8.75. The van der Waals surface area contributed by atoms with E-state index in [1.54, 1.807) is 0 Å². The number of hydrogen-bond acceptors (Lipinski definition) is 0. The van der Waals surface area contributed by atoms with Crippen molar-refractivity contribution in [2.45, 2.75) is 0 Å². The third-order valence-corrected chi connectivity index (χ3v) is 0. The van der Waals surface area contributed by atoms with E-state index in [0.29, 0.717) is 0 Å². The Morgan fingerprint density at radius 1 is 0.833 bits per heavy atom. The van der Waals surface area contributed by atoms with Crippen LogP contribution in [0.5, 0.6) is 0 Å². The Hall–Kier alpha value is 0.460. The van der Waals surface area contributed by atoms with Gasteiger partial charge in [0.25, 0.3) is 0 Å². The molecular formula is CH8Cl2O3. The Kier molecular flexibility index (Phi) is 270. The molecule has 0 spiro atoms. The van der Waals surface area contributed by atoms with E-state index >= 15 is 0 Å². The van der Waals surface area contributed by atoms with Gasteiger partial charge in [-0.25, -0.2) is 0 Å². The number of hydrogen-bond donors (Lipinski definition) is 0. The second kappa shape index (κ2) is 51.0. The van der Waals surface area contributed by atoms with Crippen molar-refractivity contribution in [3.8, 4) is 0 Å². The molecule has 6 heavy (non-hydrogen) atoms. The lowest BCUT2D eigenvalue weighted by Gasteiger charge is -1.42. The molecule has 0 aromatic rings. The van der Waals surface area contributed by atoms with Crippen LogP contribution in [0.2, 0.25) is 0 Å². The minimum Gasteiger partial charge on any atom is -0.412 e. The van der Waals surface area contributed by atoms with E-state index in [9.17, 15) is 0 Å². The van der Waals surface area contributed by atoms with E-state index in [2.05, 4.69) is 0 Å². The van der Waals surface area contributed by atoms with Crippen LogP contribution in [0.3, 0.4) is 0 Å². The second-order valence-corrected chi connectivity index (χ2v) is 0.909. The van der Waals surface area contributed by atoms with E-state index in [-0.39, 0.29) is 21.8 Å². The standard InChI is InChI=1S/CH2Cl2.3H2O/c2-1-3;;;/h1H2;3*1H2. The fraction of sp³-hybridized carbons (Fsp3) is 1.00. The summed E-state index contributed by atoms with van der Waals surface area (Å²) in [5.41, 5.74) is 0. The van der Waals surface area contributed by atoms with Crippen LogP contribution in [-0.4, -0.2) is 21.8 Å². The van der Waals surface area contributed by atoms with Crippen molar-refractivity contribution in [2.24, 2.45) is 0 Å². The van der Waals surface area contributed by atoms with Crippen molar-refractivity contribution < 1.29 is 16.4 Å². The predicted molar refractivity (Wildman–Crippen MR) is 27.4 cm³/mol. The molecule has 0 fully saturated rings. The maximum absolute atomic E-state index is 4.76. The number of rotatable bonds is 0. The molecule has 0 aromatic heterocycles. The van der Waals surface area contributed by atoms with Crippen molar-refractivity contribution in [3.63, 3.8) is 0 Å².